The molecule has 36 heavy (non-hydrogen) atoms. The van der Waals surface area contributed by atoms with E-state index in [1.807, 2.05) is 38.1 Å². The highest BCUT2D eigenvalue weighted by Crippen LogP contribution is 2.23. The number of nitrogens with zero attached hydrogens (tertiary/aromatic N) is 2. The van der Waals surface area contributed by atoms with Gasteiger partial charge in [0.15, 0.2) is 0 Å². The number of aliphatic carboxylic acids is 1. The molecule has 0 aliphatic heterocycles. The summed E-state index contributed by atoms with van der Waals surface area (Å²) in [5, 5.41) is 9.19. The largest absolute Gasteiger partial charge is 0.493 e. The van der Waals surface area contributed by atoms with Crippen LogP contribution >= 0.6 is 0 Å². The Bertz CT molecular complexity index is 1280. The van der Waals surface area contributed by atoms with Crippen molar-refractivity contribution >= 4 is 16.2 Å². The van der Waals surface area contributed by atoms with Crippen LogP contribution in [0.1, 0.15) is 43.4 Å². The maximum Gasteiger partial charge on any atom is 0.318 e. The molecule has 0 bridgehead atoms. The van der Waals surface area contributed by atoms with Crippen LogP contribution in [-0.2, 0) is 28.0 Å². The average molecular weight is 516 g/mol. The van der Waals surface area contributed by atoms with Crippen molar-refractivity contribution in [1.29, 1.82) is 0 Å². The molecule has 0 spiro atoms. The Labute approximate surface area is 212 Å². The van der Waals surface area contributed by atoms with E-state index < -0.39 is 28.3 Å². The molecule has 0 aliphatic rings. The molecule has 10 heteroatoms. The molecule has 0 saturated carbocycles. The molecule has 1 aromatic heterocycles. The summed E-state index contributed by atoms with van der Waals surface area (Å²) in [5.41, 5.74) is 2.81. The van der Waals surface area contributed by atoms with Gasteiger partial charge < -0.3 is 14.3 Å². The summed E-state index contributed by atoms with van der Waals surface area (Å²) < 4.78 is 40.4. The summed E-state index contributed by atoms with van der Waals surface area (Å²) >= 11 is 0. The molecule has 1 heterocycles. The number of hydrogen-bond acceptors (Lipinski definition) is 6. The fourth-order valence-corrected chi connectivity index (χ4v) is 4.97. The minimum Gasteiger partial charge on any atom is -0.493 e. The number of aryl methyl sites for hydroxylation is 2. The number of carboxylic acids is 1. The van der Waals surface area contributed by atoms with Crippen LogP contribution in [0.4, 0.5) is 0 Å². The van der Waals surface area contributed by atoms with Crippen molar-refractivity contribution in [2.24, 2.45) is 0 Å². The summed E-state index contributed by atoms with van der Waals surface area (Å²) in [6.45, 7) is 8.63. The van der Waals surface area contributed by atoms with Crippen LogP contribution in [0, 0.1) is 13.8 Å². The third kappa shape index (κ3) is 7.91. The molecule has 0 saturated heterocycles. The molecule has 0 amide bonds. The van der Waals surface area contributed by atoms with Gasteiger partial charge in [-0.1, -0.05) is 29.8 Å². The Balaban J connectivity index is 1.59. The molecule has 0 unspecified atom stereocenters. The Morgan fingerprint density at radius 1 is 1.08 bits per heavy atom. The van der Waals surface area contributed by atoms with E-state index in [9.17, 15) is 18.3 Å². The predicted octanol–water partition coefficient (Wildman–Crippen LogP) is 4.10. The number of hydrogen-bond donors (Lipinski definition) is 2. The van der Waals surface area contributed by atoms with Gasteiger partial charge in [0.2, 0.25) is 5.89 Å². The second-order valence-electron chi connectivity index (χ2n) is 9.65. The molecule has 3 rings (SSSR count). The van der Waals surface area contributed by atoms with Crippen LogP contribution in [0.15, 0.2) is 52.9 Å². The lowest BCUT2D eigenvalue weighted by atomic mass is 10.1. The Morgan fingerprint density at radius 3 is 2.31 bits per heavy atom. The first-order valence-corrected chi connectivity index (χ1v) is 13.0. The lowest BCUT2D eigenvalue weighted by Crippen LogP contribution is -2.49. The van der Waals surface area contributed by atoms with Gasteiger partial charge in [0.1, 0.15) is 18.1 Å². The van der Waals surface area contributed by atoms with Gasteiger partial charge in [-0.2, -0.15) is 17.4 Å². The first-order valence-electron chi connectivity index (χ1n) is 11.6. The van der Waals surface area contributed by atoms with E-state index in [0.717, 1.165) is 21.3 Å². The standard InChI is InChI=1S/C26H33N3O6S/c1-18-6-10-21(11-7-18)25-27-23(19(2)35-25)14-15-34-22-12-8-20(9-13-22)16-29(17-24(30)31)36(32,33)28-26(3,4)5/h6-13,28H,14-17H2,1-5H3,(H,30,31). The molecule has 9 nitrogen and oxygen atoms in total. The van der Waals surface area contributed by atoms with Crippen molar-refractivity contribution in [3.8, 4) is 17.2 Å². The zero-order valence-electron chi connectivity index (χ0n) is 21.2. The molecular formula is C26H33N3O6S. The molecule has 194 valence electrons. The number of aromatic nitrogens is 1. The van der Waals surface area contributed by atoms with Crippen LogP contribution in [0.3, 0.4) is 0 Å². The number of carbonyl (C=O) groups is 1. The van der Waals surface area contributed by atoms with Crippen molar-refractivity contribution in [2.45, 2.75) is 53.1 Å². The zero-order chi connectivity index (χ0) is 26.5. The first kappa shape index (κ1) is 27.4. The topological polar surface area (TPSA) is 122 Å². The van der Waals surface area contributed by atoms with Crippen molar-refractivity contribution in [3.05, 3.63) is 71.1 Å². The number of benzene rings is 2. The summed E-state index contributed by atoms with van der Waals surface area (Å²) in [7, 11) is -4.00. The minimum atomic E-state index is -4.00. The third-order valence-electron chi connectivity index (χ3n) is 5.17. The number of oxazole rings is 1. The highest BCUT2D eigenvalue weighted by molar-refractivity contribution is 7.87. The van der Waals surface area contributed by atoms with Crippen molar-refractivity contribution in [2.75, 3.05) is 13.2 Å². The molecule has 0 aliphatic carbocycles. The third-order valence-corrected chi connectivity index (χ3v) is 6.98. The molecule has 0 fully saturated rings. The van der Waals surface area contributed by atoms with E-state index in [2.05, 4.69) is 9.71 Å². The predicted molar refractivity (Wildman–Crippen MR) is 137 cm³/mol. The van der Waals surface area contributed by atoms with E-state index in [0.29, 0.717) is 30.2 Å². The van der Waals surface area contributed by atoms with Crippen LogP contribution in [0.2, 0.25) is 0 Å². The molecule has 2 N–H and O–H groups in total. The number of nitrogens with one attached hydrogen (secondary N) is 1. The Morgan fingerprint density at radius 2 is 1.72 bits per heavy atom. The summed E-state index contributed by atoms with van der Waals surface area (Å²) in [5.74, 6) is 0.698. The van der Waals surface area contributed by atoms with E-state index in [4.69, 9.17) is 9.15 Å². The van der Waals surface area contributed by atoms with E-state index in [1.54, 1.807) is 45.0 Å². The van der Waals surface area contributed by atoms with Gasteiger partial charge in [-0.05, 0) is 64.4 Å². The monoisotopic (exact) mass is 515 g/mol. The number of ether oxygens (including phenoxy) is 1. The van der Waals surface area contributed by atoms with Crippen molar-refractivity contribution in [3.63, 3.8) is 0 Å². The van der Waals surface area contributed by atoms with Gasteiger partial charge in [-0.25, -0.2) is 4.98 Å². The van der Waals surface area contributed by atoms with Crippen LogP contribution in [-0.4, -0.2) is 47.5 Å². The molecular weight excluding hydrogens is 482 g/mol. The molecule has 0 radical (unpaired) electrons. The van der Waals surface area contributed by atoms with Crippen LogP contribution < -0.4 is 9.46 Å². The maximum absolute atomic E-state index is 12.7. The summed E-state index contributed by atoms with van der Waals surface area (Å²) in [6, 6.07) is 14.9. The SMILES string of the molecule is Cc1ccc(-c2nc(CCOc3ccc(CN(CC(=O)O)S(=O)(=O)NC(C)(C)C)cc3)c(C)o2)cc1. The highest BCUT2D eigenvalue weighted by Gasteiger charge is 2.28. The summed E-state index contributed by atoms with van der Waals surface area (Å²) in [4.78, 5) is 15.9. The number of carboxylic acid groups (broad SMARTS) is 1. The quantitative estimate of drug-likeness (QED) is 0.394. The zero-order valence-corrected chi connectivity index (χ0v) is 22.1. The van der Waals surface area contributed by atoms with E-state index >= 15 is 0 Å². The van der Waals surface area contributed by atoms with E-state index in [1.165, 1.54) is 5.56 Å². The minimum absolute atomic E-state index is 0.0854. The van der Waals surface area contributed by atoms with Gasteiger partial charge in [0.05, 0.1) is 12.3 Å². The van der Waals surface area contributed by atoms with Gasteiger partial charge >= 0.3 is 5.97 Å². The normalized spacial score (nSPS) is 12.2. The number of rotatable bonds is 11. The Hall–Kier alpha value is -3.21. The van der Waals surface area contributed by atoms with Gasteiger partial charge in [-0.15, -0.1) is 0 Å². The lowest BCUT2D eigenvalue weighted by Gasteiger charge is -2.27. The fourth-order valence-electron chi connectivity index (χ4n) is 3.47. The van der Waals surface area contributed by atoms with E-state index in [-0.39, 0.29) is 6.54 Å². The van der Waals surface area contributed by atoms with Crippen molar-refractivity contribution in [1.82, 2.24) is 14.0 Å². The molecule has 2 aromatic carbocycles. The second kappa shape index (κ2) is 11.2. The van der Waals surface area contributed by atoms with Gasteiger partial charge in [-0.3, -0.25) is 4.79 Å². The van der Waals surface area contributed by atoms with Crippen molar-refractivity contribution < 1.29 is 27.5 Å². The fraction of sp³-hybridized carbons (Fsp3) is 0.385. The van der Waals surface area contributed by atoms with Gasteiger partial charge in [0, 0.05) is 24.1 Å². The maximum atomic E-state index is 12.7. The highest BCUT2D eigenvalue weighted by atomic mass is 32.2. The van der Waals surface area contributed by atoms with Gasteiger partial charge in [0.25, 0.3) is 10.2 Å². The van der Waals surface area contributed by atoms with Crippen LogP contribution in [0.25, 0.3) is 11.5 Å². The smallest absolute Gasteiger partial charge is 0.318 e. The summed E-state index contributed by atoms with van der Waals surface area (Å²) in [6.07, 6.45) is 0.562. The lowest BCUT2D eigenvalue weighted by molar-refractivity contribution is -0.137. The average Bonchev–Trinajstić information content (AvgIpc) is 3.13. The molecule has 3 aromatic rings. The Kier molecular flexibility index (Phi) is 8.55. The van der Waals surface area contributed by atoms with Crippen LogP contribution in [0.5, 0.6) is 5.75 Å². The second-order valence-corrected chi connectivity index (χ2v) is 11.3. The molecule has 0 atom stereocenters. The first-order chi connectivity index (χ1) is 16.8.